The summed E-state index contributed by atoms with van der Waals surface area (Å²) in [5.74, 6) is 0.626. The summed E-state index contributed by atoms with van der Waals surface area (Å²) in [6.07, 6.45) is 0. The van der Waals surface area contributed by atoms with Crippen molar-refractivity contribution in [3.05, 3.63) is 40.4 Å². The number of nitrogens with zero attached hydrogens (tertiary/aromatic N) is 1. The number of para-hydroxylation sites is 1. The molecular weight excluding hydrogens is 314 g/mol. The normalized spacial score (nSPS) is 10.4. The molecule has 0 spiro atoms. The fraction of sp³-hybridized carbons (Fsp3) is 0.375. The Morgan fingerprint density at radius 3 is 2.83 bits per heavy atom. The molecule has 7 heteroatoms. The van der Waals surface area contributed by atoms with Crippen molar-refractivity contribution in [2.75, 3.05) is 32.7 Å². The second-order valence-corrected chi connectivity index (χ2v) is 5.85. The molecule has 0 atom stereocenters. The van der Waals surface area contributed by atoms with Crippen LogP contribution in [0.3, 0.4) is 0 Å². The van der Waals surface area contributed by atoms with Crippen LogP contribution < -0.4 is 15.4 Å². The molecule has 23 heavy (non-hydrogen) atoms. The highest BCUT2D eigenvalue weighted by molar-refractivity contribution is 7.17. The second-order valence-electron chi connectivity index (χ2n) is 4.85. The van der Waals surface area contributed by atoms with Crippen molar-refractivity contribution in [1.29, 1.82) is 0 Å². The monoisotopic (exact) mass is 335 g/mol. The van der Waals surface area contributed by atoms with Gasteiger partial charge in [-0.25, -0.2) is 4.98 Å². The molecule has 1 amide bonds. The minimum absolute atomic E-state index is 0.134. The highest BCUT2D eigenvalue weighted by Crippen LogP contribution is 2.23. The number of aromatic nitrogens is 1. The molecule has 1 aromatic heterocycles. The number of carbonyl (C=O) groups is 1. The molecule has 2 rings (SSSR count). The van der Waals surface area contributed by atoms with E-state index in [1.165, 1.54) is 11.3 Å². The molecule has 0 aliphatic heterocycles. The number of rotatable bonds is 8. The van der Waals surface area contributed by atoms with E-state index in [-0.39, 0.29) is 5.91 Å². The Morgan fingerprint density at radius 1 is 1.30 bits per heavy atom. The Morgan fingerprint density at radius 2 is 2.09 bits per heavy atom. The number of hydrogen-bond donors (Lipinski definition) is 2. The Hall–Kier alpha value is -2.12. The second kappa shape index (κ2) is 8.50. The molecule has 0 radical (unpaired) electrons. The van der Waals surface area contributed by atoms with Crippen LogP contribution >= 0.6 is 11.3 Å². The van der Waals surface area contributed by atoms with Gasteiger partial charge in [0.2, 0.25) is 0 Å². The van der Waals surface area contributed by atoms with Gasteiger partial charge in [-0.3, -0.25) is 4.79 Å². The Bertz CT molecular complexity index is 658. The zero-order valence-corrected chi connectivity index (χ0v) is 14.3. The van der Waals surface area contributed by atoms with Crippen molar-refractivity contribution in [1.82, 2.24) is 10.3 Å². The first-order valence-electron chi connectivity index (χ1n) is 7.26. The third-order valence-electron chi connectivity index (χ3n) is 3.22. The van der Waals surface area contributed by atoms with E-state index in [1.54, 1.807) is 14.2 Å². The maximum absolute atomic E-state index is 12.3. The number of amides is 1. The molecule has 0 bridgehead atoms. The highest BCUT2D eigenvalue weighted by atomic mass is 32.1. The van der Waals surface area contributed by atoms with E-state index in [2.05, 4.69) is 15.6 Å². The maximum Gasteiger partial charge on any atom is 0.263 e. The van der Waals surface area contributed by atoms with Gasteiger partial charge in [0.25, 0.3) is 5.91 Å². The third-order valence-corrected chi connectivity index (χ3v) is 4.33. The smallest absolute Gasteiger partial charge is 0.263 e. The van der Waals surface area contributed by atoms with Gasteiger partial charge in [-0.1, -0.05) is 29.5 Å². The molecule has 1 heterocycles. The highest BCUT2D eigenvalue weighted by Gasteiger charge is 2.15. The summed E-state index contributed by atoms with van der Waals surface area (Å²) in [5, 5.41) is 6.77. The largest absolute Gasteiger partial charge is 0.496 e. The predicted octanol–water partition coefficient (Wildman–Crippen LogP) is 2.45. The van der Waals surface area contributed by atoms with Crippen LogP contribution in [0, 0.1) is 6.92 Å². The molecule has 0 unspecified atom stereocenters. The summed E-state index contributed by atoms with van der Waals surface area (Å²) in [6.45, 7) is 3.49. The van der Waals surface area contributed by atoms with Crippen molar-refractivity contribution in [2.45, 2.75) is 13.5 Å². The predicted molar refractivity (Wildman–Crippen MR) is 91.4 cm³/mol. The quantitative estimate of drug-likeness (QED) is 0.725. The lowest BCUT2D eigenvalue weighted by atomic mass is 10.2. The molecule has 2 aromatic rings. The summed E-state index contributed by atoms with van der Waals surface area (Å²) < 4.78 is 10.3. The zero-order chi connectivity index (χ0) is 16.7. The summed E-state index contributed by atoms with van der Waals surface area (Å²) in [5.41, 5.74) is 1.65. The molecule has 124 valence electrons. The van der Waals surface area contributed by atoms with Crippen LogP contribution in [0.15, 0.2) is 24.3 Å². The topological polar surface area (TPSA) is 72.5 Å². The minimum Gasteiger partial charge on any atom is -0.496 e. The number of benzene rings is 1. The number of methoxy groups -OCH3 is 2. The molecule has 0 aliphatic carbocycles. The fourth-order valence-corrected chi connectivity index (χ4v) is 2.96. The summed E-state index contributed by atoms with van der Waals surface area (Å²) in [6, 6.07) is 7.61. The van der Waals surface area contributed by atoms with E-state index in [4.69, 9.17) is 9.47 Å². The molecule has 0 aliphatic rings. The van der Waals surface area contributed by atoms with Crippen molar-refractivity contribution in [2.24, 2.45) is 0 Å². The lowest BCUT2D eigenvalue weighted by Crippen LogP contribution is -2.22. The van der Waals surface area contributed by atoms with Gasteiger partial charge < -0.3 is 20.1 Å². The standard InChI is InChI=1S/C16H21N3O3S/c1-11-14(23-16(19-11)17-8-9-21-2)15(20)18-10-12-6-4-5-7-13(12)22-3/h4-7H,8-10H2,1-3H3,(H,17,19)(H,18,20). The summed E-state index contributed by atoms with van der Waals surface area (Å²) in [4.78, 5) is 17.3. The first kappa shape index (κ1) is 17.2. The van der Waals surface area contributed by atoms with Gasteiger partial charge in [0, 0.05) is 25.8 Å². The molecule has 0 fully saturated rings. The van der Waals surface area contributed by atoms with Gasteiger partial charge in [-0.15, -0.1) is 0 Å². The van der Waals surface area contributed by atoms with Gasteiger partial charge in [-0.05, 0) is 13.0 Å². The van der Waals surface area contributed by atoms with Crippen LogP contribution in [0.1, 0.15) is 20.9 Å². The van der Waals surface area contributed by atoms with Crippen LogP contribution in [0.5, 0.6) is 5.75 Å². The first-order chi connectivity index (χ1) is 11.2. The number of hydrogen-bond acceptors (Lipinski definition) is 6. The third kappa shape index (κ3) is 4.67. The van der Waals surface area contributed by atoms with Gasteiger partial charge in [-0.2, -0.15) is 0 Å². The number of carbonyl (C=O) groups excluding carboxylic acids is 1. The van der Waals surface area contributed by atoms with E-state index in [9.17, 15) is 4.79 Å². The van der Waals surface area contributed by atoms with Gasteiger partial charge in [0.15, 0.2) is 5.13 Å². The molecule has 6 nitrogen and oxygen atoms in total. The molecular formula is C16H21N3O3S. The van der Waals surface area contributed by atoms with Gasteiger partial charge in [0.1, 0.15) is 10.6 Å². The van der Waals surface area contributed by atoms with E-state index < -0.39 is 0 Å². The Balaban J connectivity index is 1.98. The molecule has 0 saturated carbocycles. The molecule has 0 saturated heterocycles. The first-order valence-corrected chi connectivity index (χ1v) is 8.07. The van der Waals surface area contributed by atoms with Crippen LogP contribution in [0.25, 0.3) is 0 Å². The Labute approximate surface area is 139 Å². The number of thiazole rings is 1. The van der Waals surface area contributed by atoms with Crippen LogP contribution in [-0.2, 0) is 11.3 Å². The van der Waals surface area contributed by atoms with Crippen LogP contribution in [0.4, 0.5) is 5.13 Å². The summed E-state index contributed by atoms with van der Waals surface area (Å²) in [7, 11) is 3.26. The van der Waals surface area contributed by atoms with Crippen LogP contribution in [0.2, 0.25) is 0 Å². The van der Waals surface area contributed by atoms with E-state index in [0.29, 0.717) is 30.3 Å². The van der Waals surface area contributed by atoms with Gasteiger partial charge in [0.05, 0.1) is 19.4 Å². The maximum atomic E-state index is 12.3. The average molecular weight is 335 g/mol. The molecule has 1 aromatic carbocycles. The fourth-order valence-electron chi connectivity index (χ4n) is 2.05. The van der Waals surface area contributed by atoms with Crippen molar-refractivity contribution in [3.8, 4) is 5.75 Å². The number of anilines is 1. The molecule has 2 N–H and O–H groups in total. The van der Waals surface area contributed by atoms with E-state index in [1.807, 2.05) is 31.2 Å². The minimum atomic E-state index is -0.134. The number of ether oxygens (including phenoxy) is 2. The average Bonchev–Trinajstić information content (AvgIpc) is 2.94. The SMILES string of the molecule is COCCNc1nc(C)c(C(=O)NCc2ccccc2OC)s1. The van der Waals surface area contributed by atoms with E-state index >= 15 is 0 Å². The zero-order valence-electron chi connectivity index (χ0n) is 13.5. The van der Waals surface area contributed by atoms with Crippen molar-refractivity contribution < 1.29 is 14.3 Å². The lowest BCUT2D eigenvalue weighted by molar-refractivity contribution is 0.0954. The van der Waals surface area contributed by atoms with E-state index in [0.717, 1.165) is 16.4 Å². The van der Waals surface area contributed by atoms with Crippen LogP contribution in [-0.4, -0.2) is 38.3 Å². The van der Waals surface area contributed by atoms with Crippen molar-refractivity contribution in [3.63, 3.8) is 0 Å². The number of nitrogens with one attached hydrogen (secondary N) is 2. The number of aryl methyl sites for hydroxylation is 1. The lowest BCUT2D eigenvalue weighted by Gasteiger charge is -2.09. The summed E-state index contributed by atoms with van der Waals surface area (Å²) >= 11 is 1.34. The van der Waals surface area contributed by atoms with Gasteiger partial charge >= 0.3 is 0 Å². The van der Waals surface area contributed by atoms with Crippen molar-refractivity contribution >= 4 is 22.4 Å². The Kier molecular flexibility index (Phi) is 6.37.